The van der Waals surface area contributed by atoms with E-state index in [1.165, 1.54) is 6.92 Å². The van der Waals surface area contributed by atoms with Crippen LogP contribution in [0, 0.1) is 0 Å². The summed E-state index contributed by atoms with van der Waals surface area (Å²) in [6.07, 6.45) is -0.0359. The Kier molecular flexibility index (Phi) is 8.03. The molecule has 0 fully saturated rings. The van der Waals surface area contributed by atoms with Gasteiger partial charge in [-0.3, -0.25) is 14.4 Å². The van der Waals surface area contributed by atoms with Gasteiger partial charge in [0, 0.05) is 6.54 Å². The number of amides is 2. The lowest BCUT2D eigenvalue weighted by Gasteiger charge is -2.14. The van der Waals surface area contributed by atoms with Gasteiger partial charge in [-0.05, 0) is 24.5 Å². The molecule has 0 spiro atoms. The smallest absolute Gasteiger partial charge is 0.326 e. The van der Waals surface area contributed by atoms with Crippen molar-refractivity contribution in [1.82, 2.24) is 10.6 Å². The normalized spacial score (nSPS) is 11.3. The maximum Gasteiger partial charge on any atom is 0.326 e. The van der Waals surface area contributed by atoms with Crippen molar-refractivity contribution in [3.8, 4) is 0 Å². The molecule has 0 heterocycles. The van der Waals surface area contributed by atoms with E-state index >= 15 is 0 Å². The molecule has 0 aliphatic rings. The lowest BCUT2D eigenvalue weighted by atomic mass is 10.1. The monoisotopic (exact) mass is 368 g/mol. The van der Waals surface area contributed by atoms with Gasteiger partial charge in [0.15, 0.2) is 6.10 Å². The Balaban J connectivity index is 1.63. The van der Waals surface area contributed by atoms with Crippen molar-refractivity contribution in [3.63, 3.8) is 0 Å². The van der Waals surface area contributed by atoms with Gasteiger partial charge < -0.3 is 15.4 Å². The van der Waals surface area contributed by atoms with E-state index in [2.05, 4.69) is 10.6 Å². The van der Waals surface area contributed by atoms with E-state index in [9.17, 15) is 14.4 Å². The lowest BCUT2D eigenvalue weighted by Crippen LogP contribution is -2.39. The number of benzene rings is 2. The minimum Gasteiger partial charge on any atom is -0.451 e. The molecule has 0 radical (unpaired) electrons. The van der Waals surface area contributed by atoms with Crippen LogP contribution in [-0.2, 0) is 32.0 Å². The van der Waals surface area contributed by atoms with E-state index in [1.807, 2.05) is 60.7 Å². The van der Waals surface area contributed by atoms with E-state index < -0.39 is 12.1 Å². The highest BCUT2D eigenvalue weighted by Gasteiger charge is 2.17. The number of esters is 1. The molecule has 0 aliphatic carbocycles. The highest BCUT2D eigenvalue weighted by Crippen LogP contribution is 2.00. The van der Waals surface area contributed by atoms with Crippen LogP contribution in [0.1, 0.15) is 18.1 Å². The molecule has 6 nitrogen and oxygen atoms in total. The maximum atomic E-state index is 12.0. The van der Waals surface area contributed by atoms with Crippen molar-refractivity contribution in [2.45, 2.75) is 25.9 Å². The highest BCUT2D eigenvalue weighted by molar-refractivity contribution is 5.86. The maximum absolute atomic E-state index is 12.0. The van der Waals surface area contributed by atoms with Crippen LogP contribution in [0.3, 0.4) is 0 Å². The van der Waals surface area contributed by atoms with Gasteiger partial charge >= 0.3 is 5.97 Å². The fourth-order valence-electron chi connectivity index (χ4n) is 2.43. The third-order valence-electron chi connectivity index (χ3n) is 3.87. The molecule has 2 amide bonds. The minimum atomic E-state index is -0.917. The van der Waals surface area contributed by atoms with Gasteiger partial charge in [0.25, 0.3) is 5.91 Å². The summed E-state index contributed by atoms with van der Waals surface area (Å²) in [5, 5.41) is 5.23. The molecule has 2 aromatic carbocycles. The number of hydrogen-bond donors (Lipinski definition) is 2. The molecule has 1 unspecified atom stereocenters. The summed E-state index contributed by atoms with van der Waals surface area (Å²) in [6, 6.07) is 19.0. The predicted octanol–water partition coefficient (Wildman–Crippen LogP) is 1.64. The molecule has 2 rings (SSSR count). The molecular weight excluding hydrogens is 344 g/mol. The number of nitrogens with one attached hydrogen (secondary N) is 2. The van der Waals surface area contributed by atoms with Crippen LogP contribution in [0.4, 0.5) is 0 Å². The van der Waals surface area contributed by atoms with Crippen molar-refractivity contribution in [2.75, 3.05) is 13.1 Å². The topological polar surface area (TPSA) is 84.5 Å². The van der Waals surface area contributed by atoms with E-state index in [-0.39, 0.29) is 24.8 Å². The lowest BCUT2D eigenvalue weighted by molar-refractivity contribution is -0.154. The van der Waals surface area contributed by atoms with Crippen molar-refractivity contribution in [1.29, 1.82) is 0 Å². The van der Waals surface area contributed by atoms with Crippen LogP contribution in [0.15, 0.2) is 60.7 Å². The van der Waals surface area contributed by atoms with Gasteiger partial charge in [0.05, 0.1) is 6.42 Å². The van der Waals surface area contributed by atoms with Crippen LogP contribution in [-0.4, -0.2) is 37.0 Å². The molecule has 0 aromatic heterocycles. The largest absolute Gasteiger partial charge is 0.451 e. The van der Waals surface area contributed by atoms with Crippen LogP contribution in [0.2, 0.25) is 0 Å². The Morgan fingerprint density at radius 1 is 0.889 bits per heavy atom. The zero-order chi connectivity index (χ0) is 19.5. The Morgan fingerprint density at radius 2 is 1.48 bits per heavy atom. The van der Waals surface area contributed by atoms with Crippen molar-refractivity contribution in [2.24, 2.45) is 0 Å². The second kappa shape index (κ2) is 10.8. The van der Waals surface area contributed by atoms with Gasteiger partial charge in [0.2, 0.25) is 5.91 Å². The van der Waals surface area contributed by atoms with Gasteiger partial charge in [0.1, 0.15) is 6.54 Å². The SMILES string of the molecule is CC(OC(=O)CNC(=O)Cc1ccccc1)C(=O)NCCc1ccccc1. The summed E-state index contributed by atoms with van der Waals surface area (Å²) >= 11 is 0. The fourth-order valence-corrected chi connectivity index (χ4v) is 2.43. The second-order valence-corrected chi connectivity index (χ2v) is 6.10. The highest BCUT2D eigenvalue weighted by atomic mass is 16.5. The number of hydrogen-bond acceptors (Lipinski definition) is 4. The number of carbonyl (C=O) groups excluding carboxylic acids is 3. The van der Waals surface area contributed by atoms with Crippen molar-refractivity contribution in [3.05, 3.63) is 71.8 Å². The summed E-state index contributed by atoms with van der Waals surface area (Å²) in [5.41, 5.74) is 1.97. The van der Waals surface area contributed by atoms with Gasteiger partial charge in [-0.1, -0.05) is 60.7 Å². The first kappa shape index (κ1) is 20.2. The first-order valence-corrected chi connectivity index (χ1v) is 8.86. The average molecular weight is 368 g/mol. The van der Waals surface area contributed by atoms with Gasteiger partial charge in [-0.25, -0.2) is 0 Å². The molecule has 0 aliphatic heterocycles. The average Bonchev–Trinajstić information content (AvgIpc) is 2.68. The predicted molar refractivity (Wildman–Crippen MR) is 102 cm³/mol. The minimum absolute atomic E-state index is 0.184. The van der Waals surface area contributed by atoms with E-state index in [0.29, 0.717) is 13.0 Å². The Labute approximate surface area is 158 Å². The molecule has 6 heteroatoms. The third kappa shape index (κ3) is 7.73. The van der Waals surface area contributed by atoms with Crippen molar-refractivity contribution >= 4 is 17.8 Å². The molecular formula is C21H24N2O4. The van der Waals surface area contributed by atoms with E-state index in [4.69, 9.17) is 4.74 Å². The Bertz CT molecular complexity index is 747. The summed E-state index contributed by atoms with van der Waals surface area (Å²) in [5.74, 6) is -1.30. The number of carbonyl (C=O) groups is 3. The first-order chi connectivity index (χ1) is 13.0. The molecule has 0 saturated carbocycles. The molecule has 27 heavy (non-hydrogen) atoms. The molecule has 2 aromatic rings. The molecule has 142 valence electrons. The van der Waals surface area contributed by atoms with Crippen LogP contribution < -0.4 is 10.6 Å². The second-order valence-electron chi connectivity index (χ2n) is 6.10. The number of ether oxygens (including phenoxy) is 1. The quantitative estimate of drug-likeness (QED) is 0.659. The van der Waals surface area contributed by atoms with Crippen LogP contribution in [0.5, 0.6) is 0 Å². The summed E-state index contributed by atoms with van der Waals surface area (Å²) < 4.78 is 5.05. The van der Waals surface area contributed by atoms with Crippen LogP contribution >= 0.6 is 0 Å². The van der Waals surface area contributed by atoms with E-state index in [1.54, 1.807) is 0 Å². The van der Waals surface area contributed by atoms with Crippen molar-refractivity contribution < 1.29 is 19.1 Å². The first-order valence-electron chi connectivity index (χ1n) is 8.86. The Hall–Kier alpha value is -3.15. The van der Waals surface area contributed by atoms with Gasteiger partial charge in [-0.2, -0.15) is 0 Å². The molecule has 0 saturated heterocycles. The zero-order valence-corrected chi connectivity index (χ0v) is 15.3. The number of rotatable bonds is 9. The standard InChI is InChI=1S/C21H24N2O4/c1-16(21(26)22-13-12-17-8-4-2-5-9-17)27-20(25)15-23-19(24)14-18-10-6-3-7-11-18/h2-11,16H,12-15H2,1H3,(H,22,26)(H,23,24). The molecule has 2 N–H and O–H groups in total. The third-order valence-corrected chi connectivity index (χ3v) is 3.87. The molecule has 0 bridgehead atoms. The fraction of sp³-hybridized carbons (Fsp3) is 0.286. The van der Waals surface area contributed by atoms with Crippen LogP contribution in [0.25, 0.3) is 0 Å². The summed E-state index contributed by atoms with van der Waals surface area (Å²) in [4.78, 5) is 35.6. The van der Waals surface area contributed by atoms with E-state index in [0.717, 1.165) is 11.1 Å². The molecule has 1 atom stereocenters. The Morgan fingerprint density at radius 3 is 2.11 bits per heavy atom. The zero-order valence-electron chi connectivity index (χ0n) is 15.3. The summed E-state index contributed by atoms with van der Waals surface area (Å²) in [7, 11) is 0. The summed E-state index contributed by atoms with van der Waals surface area (Å²) in [6.45, 7) is 1.69. The van der Waals surface area contributed by atoms with Gasteiger partial charge in [-0.15, -0.1) is 0 Å².